The summed E-state index contributed by atoms with van der Waals surface area (Å²) in [5.41, 5.74) is -0.127. The molecule has 2 rings (SSSR count). The van der Waals surface area contributed by atoms with Gasteiger partial charge in [0.1, 0.15) is 0 Å². The van der Waals surface area contributed by atoms with Crippen LogP contribution in [0.1, 0.15) is 38.2 Å². The van der Waals surface area contributed by atoms with Crippen LogP contribution in [0, 0.1) is 5.41 Å². The normalized spacial score (nSPS) is 17.6. The molecule has 0 aliphatic heterocycles. The fourth-order valence-corrected chi connectivity index (χ4v) is 2.39. The van der Waals surface area contributed by atoms with E-state index >= 15 is 0 Å². The van der Waals surface area contributed by atoms with Crippen LogP contribution >= 0.6 is 0 Å². The van der Waals surface area contributed by atoms with Crippen LogP contribution in [-0.4, -0.2) is 6.54 Å². The van der Waals surface area contributed by atoms with Crippen molar-refractivity contribution < 1.29 is 13.2 Å². The van der Waals surface area contributed by atoms with Crippen LogP contribution in [0.4, 0.5) is 18.9 Å². The zero-order chi connectivity index (χ0) is 13.2. The lowest BCUT2D eigenvalue weighted by atomic mass is 10.0. The molecule has 0 saturated heterocycles. The van der Waals surface area contributed by atoms with Crippen molar-refractivity contribution in [3.63, 3.8) is 0 Å². The van der Waals surface area contributed by atoms with Crippen LogP contribution in [0.5, 0.6) is 0 Å². The molecule has 1 aliphatic carbocycles. The molecular weight excluding hydrogens is 239 g/mol. The monoisotopic (exact) mass is 257 g/mol. The minimum absolute atomic E-state index is 0.201. The van der Waals surface area contributed by atoms with Crippen LogP contribution in [-0.2, 0) is 6.18 Å². The predicted octanol–water partition coefficient (Wildman–Crippen LogP) is 4.70. The second-order valence-electron chi connectivity index (χ2n) is 5.15. The van der Waals surface area contributed by atoms with Crippen molar-refractivity contribution in [3.05, 3.63) is 29.8 Å². The second kappa shape index (κ2) is 4.82. The molecule has 0 bridgehead atoms. The number of nitrogens with one attached hydrogen (secondary N) is 1. The van der Waals surface area contributed by atoms with E-state index in [1.807, 2.05) is 0 Å². The average Bonchev–Trinajstić information content (AvgIpc) is 3.07. The van der Waals surface area contributed by atoms with Crippen LogP contribution < -0.4 is 5.32 Å². The average molecular weight is 257 g/mol. The smallest absolute Gasteiger partial charge is 0.384 e. The van der Waals surface area contributed by atoms with Gasteiger partial charge in [-0.05, 0) is 36.8 Å². The summed E-state index contributed by atoms with van der Waals surface area (Å²) in [6.07, 6.45) is 0.145. The first-order valence-electron chi connectivity index (χ1n) is 6.37. The van der Waals surface area contributed by atoms with Gasteiger partial charge in [0.2, 0.25) is 0 Å². The number of hydrogen-bond acceptors (Lipinski definition) is 1. The van der Waals surface area contributed by atoms with Crippen LogP contribution in [0.25, 0.3) is 0 Å². The largest absolute Gasteiger partial charge is 0.418 e. The Bertz CT molecular complexity index is 408. The molecule has 1 aromatic carbocycles. The molecule has 1 N–H and O–H groups in total. The SMILES string of the molecule is CCCC1(CNc2ccccc2C(F)(F)F)CC1. The van der Waals surface area contributed by atoms with Crippen LogP contribution in [0.3, 0.4) is 0 Å². The summed E-state index contributed by atoms with van der Waals surface area (Å²) >= 11 is 0. The third-order valence-corrected chi connectivity index (χ3v) is 3.62. The second-order valence-corrected chi connectivity index (χ2v) is 5.15. The summed E-state index contributed by atoms with van der Waals surface area (Å²) in [4.78, 5) is 0. The molecule has 0 atom stereocenters. The minimum atomic E-state index is -4.29. The van der Waals surface area contributed by atoms with E-state index < -0.39 is 11.7 Å². The molecular formula is C14H18F3N. The third kappa shape index (κ3) is 2.98. The van der Waals surface area contributed by atoms with Crippen molar-refractivity contribution in [1.29, 1.82) is 0 Å². The standard InChI is InChI=1S/C14H18F3N/c1-2-7-13(8-9-13)10-18-12-6-4-3-5-11(12)14(15,16)17/h3-6,18H,2,7-10H2,1H3. The zero-order valence-electron chi connectivity index (χ0n) is 10.5. The number of hydrogen-bond donors (Lipinski definition) is 1. The lowest BCUT2D eigenvalue weighted by Crippen LogP contribution is -2.18. The Morgan fingerprint density at radius 3 is 2.44 bits per heavy atom. The maximum absolute atomic E-state index is 12.8. The van der Waals surface area contributed by atoms with Gasteiger partial charge in [0.25, 0.3) is 0 Å². The Labute approximate surface area is 105 Å². The molecule has 0 amide bonds. The molecule has 1 nitrogen and oxygen atoms in total. The highest BCUT2D eigenvalue weighted by Gasteiger charge is 2.41. The number of alkyl halides is 3. The van der Waals surface area contributed by atoms with Gasteiger partial charge in [-0.15, -0.1) is 0 Å². The molecule has 0 unspecified atom stereocenters. The Morgan fingerprint density at radius 1 is 1.22 bits per heavy atom. The van der Waals surface area contributed by atoms with Gasteiger partial charge < -0.3 is 5.32 Å². The van der Waals surface area contributed by atoms with Crippen molar-refractivity contribution in [1.82, 2.24) is 0 Å². The summed E-state index contributed by atoms with van der Waals surface area (Å²) < 4.78 is 38.4. The fraction of sp³-hybridized carbons (Fsp3) is 0.571. The topological polar surface area (TPSA) is 12.0 Å². The minimum Gasteiger partial charge on any atom is -0.384 e. The molecule has 1 aliphatic rings. The van der Waals surface area contributed by atoms with E-state index in [0.717, 1.165) is 31.7 Å². The highest BCUT2D eigenvalue weighted by molar-refractivity contribution is 5.52. The number of anilines is 1. The lowest BCUT2D eigenvalue weighted by molar-refractivity contribution is -0.137. The zero-order valence-corrected chi connectivity index (χ0v) is 10.5. The Hall–Kier alpha value is -1.19. The van der Waals surface area contributed by atoms with E-state index in [1.54, 1.807) is 6.07 Å². The molecule has 0 heterocycles. The van der Waals surface area contributed by atoms with E-state index in [2.05, 4.69) is 12.2 Å². The van der Waals surface area contributed by atoms with E-state index in [1.165, 1.54) is 12.1 Å². The number of para-hydroxylation sites is 1. The maximum Gasteiger partial charge on any atom is 0.418 e. The number of halogens is 3. The van der Waals surface area contributed by atoms with Gasteiger partial charge in [0, 0.05) is 12.2 Å². The van der Waals surface area contributed by atoms with Gasteiger partial charge in [-0.1, -0.05) is 25.5 Å². The lowest BCUT2D eigenvalue weighted by Gasteiger charge is -2.19. The van der Waals surface area contributed by atoms with E-state index in [-0.39, 0.29) is 11.1 Å². The van der Waals surface area contributed by atoms with Crippen molar-refractivity contribution in [2.24, 2.45) is 5.41 Å². The van der Waals surface area contributed by atoms with E-state index in [9.17, 15) is 13.2 Å². The molecule has 1 fully saturated rings. The summed E-state index contributed by atoms with van der Waals surface area (Å²) in [5.74, 6) is 0. The quantitative estimate of drug-likeness (QED) is 0.806. The molecule has 18 heavy (non-hydrogen) atoms. The maximum atomic E-state index is 12.8. The first-order valence-corrected chi connectivity index (χ1v) is 6.37. The Morgan fingerprint density at radius 2 is 1.89 bits per heavy atom. The summed E-state index contributed by atoms with van der Waals surface area (Å²) in [6, 6.07) is 5.69. The van der Waals surface area contributed by atoms with Crippen LogP contribution in [0.2, 0.25) is 0 Å². The van der Waals surface area contributed by atoms with Crippen molar-refractivity contribution in [3.8, 4) is 0 Å². The Balaban J connectivity index is 2.06. The molecule has 100 valence electrons. The molecule has 1 saturated carbocycles. The van der Waals surface area contributed by atoms with Gasteiger partial charge in [0.15, 0.2) is 0 Å². The number of benzene rings is 1. The van der Waals surface area contributed by atoms with Gasteiger partial charge >= 0.3 is 6.18 Å². The van der Waals surface area contributed by atoms with Gasteiger partial charge in [-0.25, -0.2) is 0 Å². The first-order chi connectivity index (χ1) is 8.47. The Kier molecular flexibility index (Phi) is 3.55. The molecule has 1 aromatic rings. The first kappa shape index (κ1) is 13.2. The van der Waals surface area contributed by atoms with Gasteiger partial charge in [0.05, 0.1) is 5.56 Å². The van der Waals surface area contributed by atoms with Crippen molar-refractivity contribution >= 4 is 5.69 Å². The summed E-state index contributed by atoms with van der Waals surface area (Å²) in [6.45, 7) is 2.76. The van der Waals surface area contributed by atoms with E-state index in [4.69, 9.17) is 0 Å². The highest BCUT2D eigenvalue weighted by Crippen LogP contribution is 2.49. The van der Waals surface area contributed by atoms with Gasteiger partial charge in [-0.2, -0.15) is 13.2 Å². The highest BCUT2D eigenvalue weighted by atomic mass is 19.4. The van der Waals surface area contributed by atoms with E-state index in [0.29, 0.717) is 6.54 Å². The molecule has 4 heteroatoms. The fourth-order valence-electron chi connectivity index (χ4n) is 2.39. The van der Waals surface area contributed by atoms with Crippen LogP contribution in [0.15, 0.2) is 24.3 Å². The predicted molar refractivity (Wildman–Crippen MR) is 66.5 cm³/mol. The summed E-state index contributed by atoms with van der Waals surface area (Å²) in [5, 5.41) is 2.99. The summed E-state index contributed by atoms with van der Waals surface area (Å²) in [7, 11) is 0. The van der Waals surface area contributed by atoms with Crippen molar-refractivity contribution in [2.75, 3.05) is 11.9 Å². The third-order valence-electron chi connectivity index (χ3n) is 3.62. The molecule has 0 spiro atoms. The molecule has 0 radical (unpaired) electrons. The number of rotatable bonds is 5. The van der Waals surface area contributed by atoms with Gasteiger partial charge in [-0.3, -0.25) is 0 Å². The van der Waals surface area contributed by atoms with Crippen molar-refractivity contribution in [2.45, 2.75) is 38.8 Å². The molecule has 0 aromatic heterocycles.